The van der Waals surface area contributed by atoms with Gasteiger partial charge in [0.25, 0.3) is 0 Å². The van der Waals surface area contributed by atoms with Gasteiger partial charge < -0.3 is 11.1 Å². The fourth-order valence-corrected chi connectivity index (χ4v) is 3.31. The van der Waals surface area contributed by atoms with Crippen LogP contribution in [0.3, 0.4) is 0 Å². The second-order valence-corrected chi connectivity index (χ2v) is 6.79. The van der Waals surface area contributed by atoms with Gasteiger partial charge in [0.2, 0.25) is 5.91 Å². The van der Waals surface area contributed by atoms with E-state index in [2.05, 4.69) is 47.8 Å². The summed E-state index contributed by atoms with van der Waals surface area (Å²) in [5.41, 5.74) is 12.6. The van der Waals surface area contributed by atoms with Crippen LogP contribution in [0.1, 0.15) is 42.9 Å². The van der Waals surface area contributed by atoms with Crippen molar-refractivity contribution < 1.29 is 4.79 Å². The minimum Gasteiger partial charge on any atom is -0.356 e. The minimum absolute atomic E-state index is 0.127. The van der Waals surface area contributed by atoms with Crippen LogP contribution in [0.15, 0.2) is 42.5 Å². The molecule has 0 saturated carbocycles. The van der Waals surface area contributed by atoms with Gasteiger partial charge in [-0.15, -0.1) is 0 Å². The first kappa shape index (κ1) is 16.7. The Morgan fingerprint density at radius 2 is 1.96 bits per heavy atom. The molecule has 0 fully saturated rings. The van der Waals surface area contributed by atoms with E-state index in [0.29, 0.717) is 13.0 Å². The maximum absolute atomic E-state index is 11.8. The number of nitrogens with one attached hydrogen (secondary N) is 1. The van der Waals surface area contributed by atoms with Gasteiger partial charge in [-0.1, -0.05) is 42.5 Å². The number of fused-ring (bicyclic) bond motifs is 3. The molecular formula is C21H26N2O. The van der Waals surface area contributed by atoms with Crippen LogP contribution in [0.4, 0.5) is 0 Å². The van der Waals surface area contributed by atoms with Crippen molar-refractivity contribution in [3.63, 3.8) is 0 Å². The molecule has 0 aliphatic heterocycles. The first-order valence-corrected chi connectivity index (χ1v) is 8.86. The van der Waals surface area contributed by atoms with Crippen molar-refractivity contribution in [2.75, 3.05) is 6.54 Å². The van der Waals surface area contributed by atoms with Gasteiger partial charge in [0.15, 0.2) is 0 Å². The molecule has 0 radical (unpaired) electrons. The number of carbonyl (C=O) groups is 1. The predicted octanol–water partition coefficient (Wildman–Crippen LogP) is 3.43. The van der Waals surface area contributed by atoms with Crippen molar-refractivity contribution in [3.05, 3.63) is 59.2 Å². The molecule has 1 amide bonds. The number of rotatable bonds is 7. The highest BCUT2D eigenvalue weighted by molar-refractivity contribution is 5.77. The summed E-state index contributed by atoms with van der Waals surface area (Å²) in [5, 5.41) is 2.94. The van der Waals surface area contributed by atoms with Gasteiger partial charge >= 0.3 is 0 Å². The van der Waals surface area contributed by atoms with E-state index in [1.54, 1.807) is 0 Å². The smallest absolute Gasteiger partial charge is 0.220 e. The van der Waals surface area contributed by atoms with Gasteiger partial charge in [0.05, 0.1) is 0 Å². The van der Waals surface area contributed by atoms with E-state index in [0.717, 1.165) is 25.7 Å². The first-order valence-electron chi connectivity index (χ1n) is 8.86. The first-order chi connectivity index (χ1) is 11.6. The van der Waals surface area contributed by atoms with E-state index < -0.39 is 0 Å². The molecule has 3 rings (SSSR count). The number of nitrogens with two attached hydrogens (primary N) is 1. The maximum Gasteiger partial charge on any atom is 0.220 e. The largest absolute Gasteiger partial charge is 0.356 e. The van der Waals surface area contributed by atoms with Crippen LogP contribution in [-0.2, 0) is 17.6 Å². The Morgan fingerprint density at radius 1 is 1.17 bits per heavy atom. The Hall–Kier alpha value is -2.13. The number of benzene rings is 2. The molecule has 3 nitrogen and oxygen atoms in total. The average molecular weight is 322 g/mol. The maximum atomic E-state index is 11.8. The molecule has 3 heteroatoms. The van der Waals surface area contributed by atoms with Crippen molar-refractivity contribution in [1.29, 1.82) is 0 Å². The van der Waals surface area contributed by atoms with Crippen molar-refractivity contribution in [3.8, 4) is 11.1 Å². The Kier molecular flexibility index (Phi) is 5.31. The summed E-state index contributed by atoms with van der Waals surface area (Å²) in [5.74, 6) is 0.127. The predicted molar refractivity (Wildman–Crippen MR) is 98.9 cm³/mol. The van der Waals surface area contributed by atoms with E-state index in [4.69, 9.17) is 5.73 Å². The molecule has 0 spiro atoms. The highest BCUT2D eigenvalue weighted by Gasteiger charge is 2.17. The SMILES string of the molecule is CC(N)CCNC(=O)CCCc1ccc2c(c1)-c1ccccc1C2. The Bertz CT molecular complexity index is 722. The molecule has 2 aromatic carbocycles. The van der Waals surface area contributed by atoms with Gasteiger partial charge in [-0.3, -0.25) is 4.79 Å². The molecule has 0 bridgehead atoms. The fraction of sp³-hybridized carbons (Fsp3) is 0.381. The zero-order valence-corrected chi connectivity index (χ0v) is 14.3. The average Bonchev–Trinajstić information content (AvgIpc) is 2.92. The number of hydrogen-bond acceptors (Lipinski definition) is 2. The van der Waals surface area contributed by atoms with Gasteiger partial charge in [-0.2, -0.15) is 0 Å². The third kappa shape index (κ3) is 4.04. The van der Waals surface area contributed by atoms with Crippen LogP contribution in [-0.4, -0.2) is 18.5 Å². The lowest BCUT2D eigenvalue weighted by Gasteiger charge is -2.08. The lowest BCUT2D eigenvalue weighted by molar-refractivity contribution is -0.121. The molecule has 1 atom stereocenters. The molecule has 24 heavy (non-hydrogen) atoms. The quantitative estimate of drug-likeness (QED) is 0.700. The highest BCUT2D eigenvalue weighted by Crippen LogP contribution is 2.36. The van der Waals surface area contributed by atoms with E-state index >= 15 is 0 Å². The summed E-state index contributed by atoms with van der Waals surface area (Å²) in [6.45, 7) is 2.63. The van der Waals surface area contributed by atoms with Gasteiger partial charge in [0.1, 0.15) is 0 Å². The second-order valence-electron chi connectivity index (χ2n) is 6.79. The monoisotopic (exact) mass is 322 g/mol. The van der Waals surface area contributed by atoms with Crippen LogP contribution < -0.4 is 11.1 Å². The lowest BCUT2D eigenvalue weighted by Crippen LogP contribution is -2.28. The molecule has 1 aliphatic rings. The molecular weight excluding hydrogens is 296 g/mol. The summed E-state index contributed by atoms with van der Waals surface area (Å²) >= 11 is 0. The van der Waals surface area contributed by atoms with Crippen molar-refractivity contribution >= 4 is 5.91 Å². The third-order valence-corrected chi connectivity index (χ3v) is 4.65. The summed E-state index contributed by atoms with van der Waals surface area (Å²) in [6.07, 6.45) is 4.26. The molecule has 1 unspecified atom stereocenters. The molecule has 126 valence electrons. The second kappa shape index (κ2) is 7.63. The van der Waals surface area contributed by atoms with E-state index in [9.17, 15) is 4.79 Å². The van der Waals surface area contributed by atoms with Crippen LogP contribution >= 0.6 is 0 Å². The summed E-state index contributed by atoms with van der Waals surface area (Å²) in [7, 11) is 0. The number of carbonyl (C=O) groups excluding carboxylic acids is 1. The summed E-state index contributed by atoms with van der Waals surface area (Å²) in [6, 6.07) is 15.5. The Labute approximate surface area is 144 Å². The molecule has 1 aliphatic carbocycles. The van der Waals surface area contributed by atoms with Gasteiger partial charge in [-0.05, 0) is 60.4 Å². The van der Waals surface area contributed by atoms with Crippen LogP contribution in [0, 0.1) is 0 Å². The van der Waals surface area contributed by atoms with Crippen LogP contribution in [0.25, 0.3) is 11.1 Å². The lowest BCUT2D eigenvalue weighted by atomic mass is 10.00. The Balaban J connectivity index is 1.52. The minimum atomic E-state index is 0.127. The molecule has 2 aromatic rings. The zero-order valence-electron chi connectivity index (χ0n) is 14.3. The normalized spacial score (nSPS) is 13.2. The van der Waals surface area contributed by atoms with Crippen molar-refractivity contribution in [2.24, 2.45) is 5.73 Å². The summed E-state index contributed by atoms with van der Waals surface area (Å²) in [4.78, 5) is 11.8. The van der Waals surface area contributed by atoms with Crippen LogP contribution in [0.2, 0.25) is 0 Å². The van der Waals surface area contributed by atoms with E-state index in [1.165, 1.54) is 27.8 Å². The third-order valence-electron chi connectivity index (χ3n) is 4.65. The zero-order chi connectivity index (χ0) is 16.9. The number of amides is 1. The number of hydrogen-bond donors (Lipinski definition) is 2. The highest BCUT2D eigenvalue weighted by atomic mass is 16.1. The fourth-order valence-electron chi connectivity index (χ4n) is 3.31. The molecule has 0 heterocycles. The summed E-state index contributed by atoms with van der Waals surface area (Å²) < 4.78 is 0. The van der Waals surface area contributed by atoms with Crippen molar-refractivity contribution in [2.45, 2.75) is 45.1 Å². The van der Waals surface area contributed by atoms with Crippen LogP contribution in [0.5, 0.6) is 0 Å². The van der Waals surface area contributed by atoms with E-state index in [1.807, 2.05) is 6.92 Å². The molecule has 0 aromatic heterocycles. The molecule has 3 N–H and O–H groups in total. The topological polar surface area (TPSA) is 55.1 Å². The van der Waals surface area contributed by atoms with Crippen molar-refractivity contribution in [1.82, 2.24) is 5.32 Å². The van der Waals surface area contributed by atoms with Gasteiger partial charge in [0, 0.05) is 19.0 Å². The number of aryl methyl sites for hydroxylation is 1. The Morgan fingerprint density at radius 3 is 2.79 bits per heavy atom. The van der Waals surface area contributed by atoms with E-state index in [-0.39, 0.29) is 11.9 Å². The molecule has 0 saturated heterocycles. The standard InChI is InChI=1S/C21H26N2O/c1-15(22)11-12-23-21(24)8-4-5-16-9-10-18-14-17-6-2-3-7-19(17)20(18)13-16/h2-3,6-7,9-10,13,15H,4-5,8,11-12,14,22H2,1H3,(H,23,24). The van der Waals surface area contributed by atoms with Gasteiger partial charge in [-0.25, -0.2) is 0 Å².